The molecule has 1 unspecified atom stereocenters. The number of halogens is 1. The molecule has 0 aliphatic carbocycles. The summed E-state index contributed by atoms with van der Waals surface area (Å²) in [5.74, 6) is 0.850. The average molecular weight is 182 g/mol. The van der Waals surface area contributed by atoms with Crippen LogP contribution >= 0.6 is 0 Å². The summed E-state index contributed by atoms with van der Waals surface area (Å²) < 4.78 is 23.7. The van der Waals surface area contributed by atoms with Crippen molar-refractivity contribution in [2.45, 2.75) is 19.4 Å². The highest BCUT2D eigenvalue weighted by Gasteiger charge is 2.19. The van der Waals surface area contributed by atoms with Gasteiger partial charge in [0.2, 0.25) is 0 Å². The fraction of sp³-hybridized carbons (Fsp3) is 0.400. The first-order valence-corrected chi connectivity index (χ1v) is 4.38. The van der Waals surface area contributed by atoms with E-state index in [9.17, 15) is 4.39 Å². The van der Waals surface area contributed by atoms with Crippen LogP contribution in [0.25, 0.3) is 0 Å². The van der Waals surface area contributed by atoms with Crippen molar-refractivity contribution in [3.05, 3.63) is 24.0 Å². The Morgan fingerprint density at radius 3 is 3.08 bits per heavy atom. The third-order valence-electron chi connectivity index (χ3n) is 2.08. The van der Waals surface area contributed by atoms with Crippen LogP contribution in [-0.2, 0) is 0 Å². The standard InChI is InChI=1S/C10H11FO2/c1-2-8-6-12-9-4-3-7(11)5-10(9)13-8/h3-5,8H,2,6H2,1H3. The fourth-order valence-corrected chi connectivity index (χ4v) is 1.29. The van der Waals surface area contributed by atoms with Gasteiger partial charge in [-0.05, 0) is 18.6 Å². The first kappa shape index (κ1) is 8.35. The molecule has 1 aliphatic heterocycles. The quantitative estimate of drug-likeness (QED) is 0.663. The molecule has 70 valence electrons. The van der Waals surface area contributed by atoms with E-state index in [1.807, 2.05) is 6.92 Å². The van der Waals surface area contributed by atoms with Gasteiger partial charge in [0.1, 0.15) is 18.5 Å². The molecule has 13 heavy (non-hydrogen) atoms. The van der Waals surface area contributed by atoms with Crippen molar-refractivity contribution < 1.29 is 13.9 Å². The lowest BCUT2D eigenvalue weighted by Crippen LogP contribution is -2.28. The van der Waals surface area contributed by atoms with Crippen LogP contribution in [0.1, 0.15) is 13.3 Å². The molecule has 0 saturated carbocycles. The van der Waals surface area contributed by atoms with Crippen LogP contribution in [0.15, 0.2) is 18.2 Å². The molecule has 0 bridgehead atoms. The zero-order valence-corrected chi connectivity index (χ0v) is 7.42. The molecule has 3 heteroatoms. The van der Waals surface area contributed by atoms with Crippen LogP contribution in [0, 0.1) is 5.82 Å². The lowest BCUT2D eigenvalue weighted by atomic mass is 10.2. The molecule has 1 aliphatic rings. The molecular formula is C10H11FO2. The smallest absolute Gasteiger partial charge is 0.164 e. The Morgan fingerprint density at radius 2 is 2.31 bits per heavy atom. The van der Waals surface area contributed by atoms with Crippen LogP contribution in [0.5, 0.6) is 11.5 Å². The third kappa shape index (κ3) is 1.59. The summed E-state index contributed by atoms with van der Waals surface area (Å²) in [5.41, 5.74) is 0. The number of ether oxygens (including phenoxy) is 2. The highest BCUT2D eigenvalue weighted by molar-refractivity contribution is 5.41. The molecule has 1 aromatic carbocycles. The Hall–Kier alpha value is -1.25. The maximum Gasteiger partial charge on any atom is 0.164 e. The fourth-order valence-electron chi connectivity index (χ4n) is 1.29. The van der Waals surface area contributed by atoms with Crippen molar-refractivity contribution in [1.29, 1.82) is 0 Å². The first-order valence-electron chi connectivity index (χ1n) is 4.38. The predicted octanol–water partition coefficient (Wildman–Crippen LogP) is 2.38. The summed E-state index contributed by atoms with van der Waals surface area (Å²) in [4.78, 5) is 0. The van der Waals surface area contributed by atoms with Crippen molar-refractivity contribution in [2.75, 3.05) is 6.61 Å². The van der Waals surface area contributed by atoms with E-state index in [1.165, 1.54) is 12.1 Å². The summed E-state index contributed by atoms with van der Waals surface area (Å²) in [6, 6.07) is 4.32. The van der Waals surface area contributed by atoms with Crippen LogP contribution in [-0.4, -0.2) is 12.7 Å². The minimum absolute atomic E-state index is 0.0503. The Morgan fingerprint density at radius 1 is 1.46 bits per heavy atom. The van der Waals surface area contributed by atoms with Crippen molar-refractivity contribution in [1.82, 2.24) is 0 Å². The zero-order valence-electron chi connectivity index (χ0n) is 7.42. The molecule has 2 nitrogen and oxygen atoms in total. The number of fused-ring (bicyclic) bond motifs is 1. The lowest BCUT2D eigenvalue weighted by Gasteiger charge is -2.25. The molecule has 1 heterocycles. The highest BCUT2D eigenvalue weighted by Crippen LogP contribution is 2.32. The van der Waals surface area contributed by atoms with E-state index >= 15 is 0 Å². The summed E-state index contributed by atoms with van der Waals surface area (Å²) in [6.45, 7) is 2.56. The van der Waals surface area contributed by atoms with E-state index in [0.29, 0.717) is 18.1 Å². The van der Waals surface area contributed by atoms with Gasteiger partial charge in [0.25, 0.3) is 0 Å². The van der Waals surface area contributed by atoms with E-state index in [2.05, 4.69) is 0 Å². The maximum absolute atomic E-state index is 12.8. The van der Waals surface area contributed by atoms with Gasteiger partial charge in [-0.15, -0.1) is 0 Å². The van der Waals surface area contributed by atoms with Crippen molar-refractivity contribution in [2.24, 2.45) is 0 Å². The van der Waals surface area contributed by atoms with Crippen LogP contribution in [0.3, 0.4) is 0 Å². The van der Waals surface area contributed by atoms with Crippen LogP contribution in [0.2, 0.25) is 0 Å². The monoisotopic (exact) mass is 182 g/mol. The van der Waals surface area contributed by atoms with Gasteiger partial charge in [0.05, 0.1) is 0 Å². The normalized spacial score (nSPS) is 20.0. The van der Waals surface area contributed by atoms with Crippen LogP contribution < -0.4 is 9.47 Å². The molecule has 0 saturated heterocycles. The summed E-state index contributed by atoms with van der Waals surface area (Å²) >= 11 is 0. The number of benzene rings is 1. The van der Waals surface area contributed by atoms with E-state index in [1.54, 1.807) is 6.07 Å². The van der Waals surface area contributed by atoms with Gasteiger partial charge >= 0.3 is 0 Å². The van der Waals surface area contributed by atoms with E-state index < -0.39 is 0 Å². The SMILES string of the molecule is CCC1COc2ccc(F)cc2O1. The molecule has 0 spiro atoms. The van der Waals surface area contributed by atoms with E-state index in [-0.39, 0.29) is 11.9 Å². The Bertz CT molecular complexity index is 312. The average Bonchev–Trinajstić information content (AvgIpc) is 2.16. The summed E-state index contributed by atoms with van der Waals surface area (Å²) in [6.07, 6.45) is 0.921. The first-order chi connectivity index (χ1) is 6.29. The zero-order chi connectivity index (χ0) is 9.26. The second kappa shape index (κ2) is 3.24. The minimum Gasteiger partial charge on any atom is -0.486 e. The summed E-state index contributed by atoms with van der Waals surface area (Å²) in [5, 5.41) is 0. The number of hydrogen-bond acceptors (Lipinski definition) is 2. The van der Waals surface area contributed by atoms with Gasteiger partial charge in [0.15, 0.2) is 11.5 Å². The maximum atomic E-state index is 12.8. The summed E-state index contributed by atoms with van der Waals surface area (Å²) in [7, 11) is 0. The Kier molecular flexibility index (Phi) is 2.08. The second-order valence-corrected chi connectivity index (χ2v) is 3.05. The minimum atomic E-state index is -0.292. The number of hydrogen-bond donors (Lipinski definition) is 0. The van der Waals surface area contributed by atoms with E-state index in [4.69, 9.17) is 9.47 Å². The van der Waals surface area contributed by atoms with Gasteiger partial charge in [-0.2, -0.15) is 0 Å². The van der Waals surface area contributed by atoms with Gasteiger partial charge < -0.3 is 9.47 Å². The molecule has 2 rings (SSSR count). The van der Waals surface area contributed by atoms with Gasteiger partial charge in [-0.3, -0.25) is 0 Å². The van der Waals surface area contributed by atoms with Crippen molar-refractivity contribution >= 4 is 0 Å². The van der Waals surface area contributed by atoms with Crippen molar-refractivity contribution in [3.8, 4) is 11.5 Å². The molecule has 0 radical (unpaired) electrons. The van der Waals surface area contributed by atoms with Gasteiger partial charge in [0, 0.05) is 6.07 Å². The molecule has 0 fully saturated rings. The van der Waals surface area contributed by atoms with E-state index in [0.717, 1.165) is 6.42 Å². The van der Waals surface area contributed by atoms with Gasteiger partial charge in [-0.1, -0.05) is 6.92 Å². The van der Waals surface area contributed by atoms with Crippen molar-refractivity contribution in [3.63, 3.8) is 0 Å². The topological polar surface area (TPSA) is 18.5 Å². The molecule has 1 aromatic rings. The molecule has 0 aromatic heterocycles. The predicted molar refractivity (Wildman–Crippen MR) is 46.6 cm³/mol. The molecule has 0 N–H and O–H groups in total. The largest absolute Gasteiger partial charge is 0.486 e. The third-order valence-corrected chi connectivity index (χ3v) is 2.08. The van der Waals surface area contributed by atoms with Gasteiger partial charge in [-0.25, -0.2) is 4.39 Å². The highest BCUT2D eigenvalue weighted by atomic mass is 19.1. The number of rotatable bonds is 1. The Balaban J connectivity index is 2.27. The Labute approximate surface area is 76.3 Å². The molecular weight excluding hydrogens is 171 g/mol. The molecule has 0 amide bonds. The van der Waals surface area contributed by atoms with Crippen LogP contribution in [0.4, 0.5) is 4.39 Å². The lowest BCUT2D eigenvalue weighted by molar-refractivity contribution is 0.0879. The molecule has 1 atom stereocenters. The second-order valence-electron chi connectivity index (χ2n) is 3.05.